The highest BCUT2D eigenvalue weighted by atomic mass is 32.1. The lowest BCUT2D eigenvalue weighted by molar-refractivity contribution is -0.192. The number of benzene rings is 2. The number of rotatable bonds is 8. The van der Waals surface area contributed by atoms with Crippen LogP contribution in [0.2, 0.25) is 0 Å². The standard InChI is InChI=1S/C28H34N2O6S/c1-28(2,3)36-27(32)30(4)26(37)29-15-22-19-33-23(16-31)25(35-18-21-13-9-6-10-14-21)24(22)34-17-20-11-7-5-8-12-20/h5-16,22-25H,17-19H2,1-4H3/p+1. The first-order valence-electron chi connectivity index (χ1n) is 12.1. The highest BCUT2D eigenvalue weighted by Crippen LogP contribution is 2.26. The van der Waals surface area contributed by atoms with Gasteiger partial charge in [-0.2, -0.15) is 4.79 Å². The number of aldehydes is 1. The maximum Gasteiger partial charge on any atom is 0.508 e. The summed E-state index contributed by atoms with van der Waals surface area (Å²) in [5, 5.41) is 0.148. The van der Waals surface area contributed by atoms with Crippen molar-refractivity contribution in [2.24, 2.45) is 5.92 Å². The molecule has 0 aromatic heterocycles. The SMILES string of the molecule is CN(C(=O)OC(C)(C)C)C(S)=[N+]=CC1COC(C=O)C(OCc2ccccc2)C1OCc1ccccc1. The summed E-state index contributed by atoms with van der Waals surface area (Å²) in [6, 6.07) is 19.4. The molecule has 1 heterocycles. The van der Waals surface area contributed by atoms with Gasteiger partial charge in [0, 0.05) is 0 Å². The first kappa shape index (κ1) is 28.6. The number of thiol groups is 1. The van der Waals surface area contributed by atoms with Crippen LogP contribution in [0.4, 0.5) is 4.79 Å². The molecule has 0 bridgehead atoms. The molecule has 2 aromatic carbocycles. The van der Waals surface area contributed by atoms with E-state index in [1.807, 2.05) is 60.7 Å². The lowest BCUT2D eigenvalue weighted by Gasteiger charge is -2.38. The van der Waals surface area contributed by atoms with Crippen LogP contribution >= 0.6 is 12.6 Å². The molecular formula is C28H35N2O6S+. The quantitative estimate of drug-likeness (QED) is 0.185. The highest BCUT2D eigenvalue weighted by molar-refractivity contribution is 7.96. The van der Waals surface area contributed by atoms with Gasteiger partial charge in [0.05, 0.1) is 32.8 Å². The molecule has 0 spiro atoms. The van der Waals surface area contributed by atoms with Crippen LogP contribution in [-0.4, -0.2) is 66.2 Å². The maximum atomic E-state index is 12.4. The summed E-state index contributed by atoms with van der Waals surface area (Å²) in [6.45, 7) is 6.16. The van der Waals surface area contributed by atoms with Gasteiger partial charge in [-0.25, -0.2) is 4.67 Å². The number of hydrogen-bond acceptors (Lipinski definition) is 6. The normalized spacial score (nSPS) is 21.4. The molecule has 1 saturated heterocycles. The number of amidine groups is 1. The highest BCUT2D eigenvalue weighted by Gasteiger charge is 2.43. The molecule has 0 radical (unpaired) electrons. The van der Waals surface area contributed by atoms with Crippen molar-refractivity contribution in [3.63, 3.8) is 0 Å². The molecule has 1 amide bonds. The van der Waals surface area contributed by atoms with Crippen molar-refractivity contribution in [1.29, 1.82) is 0 Å². The van der Waals surface area contributed by atoms with E-state index in [2.05, 4.69) is 17.3 Å². The Morgan fingerprint density at radius 2 is 1.57 bits per heavy atom. The van der Waals surface area contributed by atoms with E-state index in [1.165, 1.54) is 11.9 Å². The Kier molecular flexibility index (Phi) is 10.5. The Balaban J connectivity index is 1.84. The van der Waals surface area contributed by atoms with E-state index in [-0.39, 0.29) is 17.7 Å². The molecule has 0 N–H and O–H groups in total. The Hall–Kier alpha value is -2.94. The van der Waals surface area contributed by atoms with E-state index < -0.39 is 30.0 Å². The maximum absolute atomic E-state index is 12.4. The first-order chi connectivity index (χ1) is 17.7. The molecule has 0 aliphatic carbocycles. The summed E-state index contributed by atoms with van der Waals surface area (Å²) in [5.74, 6) is -0.366. The van der Waals surface area contributed by atoms with Gasteiger partial charge in [0.25, 0.3) is 0 Å². The van der Waals surface area contributed by atoms with Crippen LogP contribution in [0.25, 0.3) is 0 Å². The van der Waals surface area contributed by atoms with E-state index in [0.717, 1.165) is 17.4 Å². The van der Waals surface area contributed by atoms with Crippen molar-refractivity contribution in [2.45, 2.75) is 57.9 Å². The van der Waals surface area contributed by atoms with E-state index in [9.17, 15) is 9.59 Å². The zero-order chi connectivity index (χ0) is 26.8. The molecule has 1 aliphatic heterocycles. The fourth-order valence-corrected chi connectivity index (χ4v) is 3.84. The third kappa shape index (κ3) is 8.84. The number of ether oxygens (including phenoxy) is 4. The number of nitrogens with zero attached hydrogens (tertiary/aromatic N) is 2. The number of carbonyl (C=O) groups excluding carboxylic acids is 2. The van der Waals surface area contributed by atoms with Gasteiger partial charge >= 0.3 is 11.3 Å². The number of hydrogen-bond donors (Lipinski definition) is 1. The Bertz CT molecular complexity index is 1080. The smallest absolute Gasteiger partial charge is 0.425 e. The zero-order valence-electron chi connectivity index (χ0n) is 21.7. The van der Waals surface area contributed by atoms with Crippen LogP contribution < -0.4 is 4.67 Å². The third-order valence-electron chi connectivity index (χ3n) is 5.60. The van der Waals surface area contributed by atoms with Crippen LogP contribution in [0.5, 0.6) is 0 Å². The minimum absolute atomic E-state index is 0.148. The summed E-state index contributed by atoms with van der Waals surface area (Å²) < 4.78 is 28.1. The van der Waals surface area contributed by atoms with Gasteiger partial charge in [-0.05, 0) is 44.5 Å². The van der Waals surface area contributed by atoms with Crippen molar-refractivity contribution in [3.8, 4) is 0 Å². The minimum atomic E-state index is -0.793. The Morgan fingerprint density at radius 1 is 1.03 bits per heavy atom. The fraction of sp³-hybridized carbons (Fsp3) is 0.429. The van der Waals surface area contributed by atoms with Crippen LogP contribution in [0.1, 0.15) is 31.9 Å². The second-order valence-electron chi connectivity index (χ2n) is 9.74. The lowest BCUT2D eigenvalue weighted by atomic mass is 9.93. The second kappa shape index (κ2) is 13.6. The largest absolute Gasteiger partial charge is 0.508 e. The molecule has 4 atom stereocenters. The molecule has 198 valence electrons. The number of amides is 1. The van der Waals surface area contributed by atoms with Gasteiger partial charge in [0.15, 0.2) is 12.5 Å². The van der Waals surface area contributed by atoms with Gasteiger partial charge < -0.3 is 23.7 Å². The minimum Gasteiger partial charge on any atom is -0.425 e. The van der Waals surface area contributed by atoms with Gasteiger partial charge in [-0.3, -0.25) is 0 Å². The predicted molar refractivity (Wildman–Crippen MR) is 146 cm³/mol. The zero-order valence-corrected chi connectivity index (χ0v) is 22.5. The van der Waals surface area contributed by atoms with Crippen LogP contribution in [0.3, 0.4) is 0 Å². The molecular weight excluding hydrogens is 492 g/mol. The van der Waals surface area contributed by atoms with Crippen LogP contribution in [-0.2, 0) is 37.0 Å². The van der Waals surface area contributed by atoms with Gasteiger partial charge in [-0.15, -0.1) is 4.90 Å². The van der Waals surface area contributed by atoms with Crippen molar-refractivity contribution in [3.05, 3.63) is 71.8 Å². The van der Waals surface area contributed by atoms with Gasteiger partial charge in [0.1, 0.15) is 23.9 Å². The van der Waals surface area contributed by atoms with E-state index >= 15 is 0 Å². The van der Waals surface area contributed by atoms with Gasteiger partial charge in [-0.1, -0.05) is 60.7 Å². The topological polar surface area (TPSA) is 88.4 Å². The first-order valence-corrected chi connectivity index (χ1v) is 12.6. The molecule has 37 heavy (non-hydrogen) atoms. The second-order valence-corrected chi connectivity index (χ2v) is 10.1. The molecule has 1 aliphatic rings. The number of carbonyl (C=O) groups is 2. The third-order valence-corrected chi connectivity index (χ3v) is 6.02. The van der Waals surface area contributed by atoms with Crippen molar-refractivity contribution in [2.75, 3.05) is 13.7 Å². The lowest BCUT2D eigenvalue weighted by Crippen LogP contribution is -2.54. The summed E-state index contributed by atoms with van der Waals surface area (Å²) in [5.41, 5.74) is 1.30. The predicted octanol–water partition coefficient (Wildman–Crippen LogP) is 3.66. The molecule has 4 unspecified atom stereocenters. The van der Waals surface area contributed by atoms with E-state index in [1.54, 1.807) is 27.0 Å². The van der Waals surface area contributed by atoms with E-state index in [0.29, 0.717) is 13.2 Å². The average Bonchev–Trinajstić information content (AvgIpc) is 2.89. The molecule has 3 rings (SSSR count). The summed E-state index contributed by atoms with van der Waals surface area (Å²) >= 11 is 4.38. The summed E-state index contributed by atoms with van der Waals surface area (Å²) in [4.78, 5) is 25.5. The average molecular weight is 528 g/mol. The summed E-state index contributed by atoms with van der Waals surface area (Å²) in [7, 11) is 1.53. The molecule has 0 saturated carbocycles. The monoisotopic (exact) mass is 527 g/mol. The van der Waals surface area contributed by atoms with Gasteiger partial charge in [0.2, 0.25) is 0 Å². The van der Waals surface area contributed by atoms with Crippen molar-refractivity contribution in [1.82, 2.24) is 9.57 Å². The Morgan fingerprint density at radius 3 is 2.08 bits per heavy atom. The Labute approximate surface area is 223 Å². The summed E-state index contributed by atoms with van der Waals surface area (Å²) in [6.07, 6.45) is -0.203. The molecule has 1 fully saturated rings. The molecule has 2 aromatic rings. The molecule has 8 nitrogen and oxygen atoms in total. The van der Waals surface area contributed by atoms with E-state index in [4.69, 9.17) is 18.9 Å². The van der Waals surface area contributed by atoms with Crippen LogP contribution in [0, 0.1) is 5.92 Å². The molecule has 9 heteroatoms. The van der Waals surface area contributed by atoms with Crippen molar-refractivity contribution < 1.29 is 28.5 Å². The van der Waals surface area contributed by atoms with Crippen LogP contribution in [0.15, 0.2) is 60.7 Å². The van der Waals surface area contributed by atoms with Crippen molar-refractivity contribution >= 4 is 36.4 Å². The fourth-order valence-electron chi connectivity index (χ4n) is 3.69.